The lowest BCUT2D eigenvalue weighted by Gasteiger charge is -2.26. The molecule has 2 aliphatic rings. The number of rotatable bonds is 6. The first-order chi connectivity index (χ1) is 10.7. The van der Waals surface area contributed by atoms with Gasteiger partial charge in [-0.15, -0.1) is 0 Å². The van der Waals surface area contributed by atoms with Crippen LogP contribution in [0.2, 0.25) is 0 Å². The monoisotopic (exact) mass is 303 g/mol. The lowest BCUT2D eigenvalue weighted by atomic mass is 9.88. The molecule has 0 radical (unpaired) electrons. The Labute approximate surface area is 132 Å². The molecule has 0 saturated heterocycles. The molecule has 2 fully saturated rings. The maximum atomic E-state index is 12.5. The maximum Gasteiger partial charge on any atom is 0.225 e. The van der Waals surface area contributed by atoms with E-state index in [4.69, 9.17) is 9.47 Å². The number of amides is 1. The van der Waals surface area contributed by atoms with Gasteiger partial charge in [0.05, 0.1) is 13.7 Å². The molecule has 4 nitrogen and oxygen atoms in total. The first-order valence-electron chi connectivity index (χ1n) is 8.19. The molecule has 2 aliphatic carbocycles. The van der Waals surface area contributed by atoms with Crippen molar-refractivity contribution in [3.05, 3.63) is 24.3 Å². The summed E-state index contributed by atoms with van der Waals surface area (Å²) in [5.41, 5.74) is 0. The van der Waals surface area contributed by atoms with Crippen molar-refractivity contribution in [2.24, 2.45) is 17.8 Å². The van der Waals surface area contributed by atoms with Crippen molar-refractivity contribution in [1.29, 1.82) is 0 Å². The van der Waals surface area contributed by atoms with Gasteiger partial charge in [-0.3, -0.25) is 4.79 Å². The summed E-state index contributed by atoms with van der Waals surface area (Å²) in [4.78, 5) is 14.4. The highest BCUT2D eigenvalue weighted by Crippen LogP contribution is 2.48. The Morgan fingerprint density at radius 2 is 1.91 bits per heavy atom. The van der Waals surface area contributed by atoms with Crippen molar-refractivity contribution in [2.75, 3.05) is 27.3 Å². The number of ether oxygens (including phenoxy) is 2. The highest BCUT2D eigenvalue weighted by atomic mass is 16.5. The molecule has 2 saturated carbocycles. The third kappa shape index (κ3) is 3.21. The minimum Gasteiger partial charge on any atom is -0.497 e. The summed E-state index contributed by atoms with van der Waals surface area (Å²) in [5.74, 6) is 3.65. The van der Waals surface area contributed by atoms with Gasteiger partial charge in [-0.05, 0) is 55.4 Å². The zero-order chi connectivity index (χ0) is 15.5. The van der Waals surface area contributed by atoms with Crippen LogP contribution in [0.4, 0.5) is 0 Å². The fourth-order valence-corrected chi connectivity index (χ4v) is 3.91. The van der Waals surface area contributed by atoms with Crippen LogP contribution in [0.25, 0.3) is 0 Å². The third-order valence-electron chi connectivity index (χ3n) is 5.19. The SMILES string of the molecule is COc1ccc(OCCN(C)C(=O)C2CC3CCC2C3)cc1. The second-order valence-electron chi connectivity index (χ2n) is 6.57. The normalized spacial score (nSPS) is 26.0. The van der Waals surface area contributed by atoms with Gasteiger partial charge in [-0.2, -0.15) is 0 Å². The molecule has 0 N–H and O–H groups in total. The highest BCUT2D eigenvalue weighted by Gasteiger charge is 2.43. The molecule has 0 aromatic heterocycles. The van der Waals surface area contributed by atoms with Gasteiger partial charge in [-0.25, -0.2) is 0 Å². The van der Waals surface area contributed by atoms with Crippen LogP contribution in [0.1, 0.15) is 25.7 Å². The predicted molar refractivity (Wildman–Crippen MR) is 85.1 cm³/mol. The zero-order valence-electron chi connectivity index (χ0n) is 13.5. The van der Waals surface area contributed by atoms with Crippen molar-refractivity contribution < 1.29 is 14.3 Å². The Bertz CT molecular complexity index is 514. The fourth-order valence-electron chi connectivity index (χ4n) is 3.91. The van der Waals surface area contributed by atoms with E-state index < -0.39 is 0 Å². The molecule has 3 atom stereocenters. The Morgan fingerprint density at radius 3 is 2.50 bits per heavy atom. The third-order valence-corrected chi connectivity index (χ3v) is 5.19. The number of carbonyl (C=O) groups excluding carboxylic acids is 1. The average molecular weight is 303 g/mol. The molecular weight excluding hydrogens is 278 g/mol. The van der Waals surface area contributed by atoms with Crippen LogP contribution in [-0.2, 0) is 4.79 Å². The molecule has 1 amide bonds. The van der Waals surface area contributed by atoms with Gasteiger partial charge in [0, 0.05) is 13.0 Å². The van der Waals surface area contributed by atoms with Crippen LogP contribution in [-0.4, -0.2) is 38.1 Å². The van der Waals surface area contributed by atoms with Crippen LogP contribution in [0.3, 0.4) is 0 Å². The number of fused-ring (bicyclic) bond motifs is 2. The second-order valence-corrected chi connectivity index (χ2v) is 6.57. The van der Waals surface area contributed by atoms with E-state index >= 15 is 0 Å². The van der Waals surface area contributed by atoms with Crippen molar-refractivity contribution in [2.45, 2.75) is 25.7 Å². The number of nitrogens with zero attached hydrogens (tertiary/aromatic N) is 1. The van der Waals surface area contributed by atoms with E-state index in [9.17, 15) is 4.79 Å². The van der Waals surface area contributed by atoms with Gasteiger partial charge in [0.1, 0.15) is 18.1 Å². The van der Waals surface area contributed by atoms with Crippen molar-refractivity contribution in [1.82, 2.24) is 4.90 Å². The molecule has 1 aromatic carbocycles. The van der Waals surface area contributed by atoms with Crippen LogP contribution >= 0.6 is 0 Å². The molecule has 4 heteroatoms. The molecule has 120 valence electrons. The number of carbonyl (C=O) groups is 1. The molecule has 3 rings (SSSR count). The standard InChI is InChI=1S/C18H25NO3/c1-19(18(20)17-12-13-3-4-14(17)11-13)9-10-22-16-7-5-15(21-2)6-8-16/h5-8,13-14,17H,3-4,9-12H2,1-2H3. The van der Waals surface area contributed by atoms with E-state index in [0.29, 0.717) is 25.0 Å². The minimum absolute atomic E-state index is 0.268. The molecule has 0 aliphatic heterocycles. The quantitative estimate of drug-likeness (QED) is 0.811. The van der Waals surface area contributed by atoms with Crippen molar-refractivity contribution in [3.63, 3.8) is 0 Å². The second kappa shape index (κ2) is 6.59. The van der Waals surface area contributed by atoms with Gasteiger partial charge in [-0.1, -0.05) is 6.42 Å². The summed E-state index contributed by atoms with van der Waals surface area (Å²) in [6.45, 7) is 1.16. The lowest BCUT2D eigenvalue weighted by molar-refractivity contribution is -0.136. The Balaban J connectivity index is 1.43. The molecule has 0 heterocycles. The summed E-state index contributed by atoms with van der Waals surface area (Å²) >= 11 is 0. The number of methoxy groups -OCH3 is 1. The van der Waals surface area contributed by atoms with Crippen LogP contribution in [0, 0.1) is 17.8 Å². The zero-order valence-corrected chi connectivity index (χ0v) is 13.5. The molecule has 22 heavy (non-hydrogen) atoms. The summed E-state index contributed by atoms with van der Waals surface area (Å²) < 4.78 is 10.8. The van der Waals surface area contributed by atoms with E-state index in [-0.39, 0.29) is 5.92 Å². The first kappa shape index (κ1) is 15.2. The van der Waals surface area contributed by atoms with E-state index in [1.165, 1.54) is 19.3 Å². The summed E-state index contributed by atoms with van der Waals surface area (Å²) in [7, 11) is 3.54. The maximum absolute atomic E-state index is 12.5. The average Bonchev–Trinajstić information content (AvgIpc) is 3.17. The van der Waals surface area contributed by atoms with Crippen molar-refractivity contribution in [3.8, 4) is 11.5 Å². The Kier molecular flexibility index (Phi) is 4.55. The van der Waals surface area contributed by atoms with E-state index in [1.54, 1.807) is 7.11 Å². The first-order valence-corrected chi connectivity index (χ1v) is 8.19. The Morgan fingerprint density at radius 1 is 1.18 bits per heavy atom. The van der Waals surface area contributed by atoms with Gasteiger partial charge in [0.25, 0.3) is 0 Å². The summed E-state index contributed by atoms with van der Waals surface area (Å²) in [5, 5.41) is 0. The summed E-state index contributed by atoms with van der Waals surface area (Å²) in [6.07, 6.45) is 4.95. The highest BCUT2D eigenvalue weighted by molar-refractivity contribution is 5.79. The van der Waals surface area contributed by atoms with E-state index in [0.717, 1.165) is 23.8 Å². The van der Waals surface area contributed by atoms with E-state index in [1.807, 2.05) is 36.2 Å². The lowest BCUT2D eigenvalue weighted by Crippen LogP contribution is -2.37. The largest absolute Gasteiger partial charge is 0.497 e. The van der Waals surface area contributed by atoms with Crippen LogP contribution < -0.4 is 9.47 Å². The van der Waals surface area contributed by atoms with Gasteiger partial charge in [0.2, 0.25) is 5.91 Å². The predicted octanol–water partition coefficient (Wildman–Crippen LogP) is 2.97. The van der Waals surface area contributed by atoms with Gasteiger partial charge < -0.3 is 14.4 Å². The fraction of sp³-hybridized carbons (Fsp3) is 0.611. The topological polar surface area (TPSA) is 38.8 Å². The smallest absolute Gasteiger partial charge is 0.225 e. The van der Waals surface area contributed by atoms with Gasteiger partial charge in [0.15, 0.2) is 0 Å². The molecule has 1 aromatic rings. The number of hydrogen-bond donors (Lipinski definition) is 0. The van der Waals surface area contributed by atoms with Crippen LogP contribution in [0.5, 0.6) is 11.5 Å². The van der Waals surface area contributed by atoms with Crippen molar-refractivity contribution >= 4 is 5.91 Å². The van der Waals surface area contributed by atoms with E-state index in [2.05, 4.69) is 0 Å². The Hall–Kier alpha value is -1.71. The number of likely N-dealkylation sites (N-methyl/N-ethyl adjacent to an activating group) is 1. The summed E-state index contributed by atoms with van der Waals surface area (Å²) in [6, 6.07) is 7.52. The van der Waals surface area contributed by atoms with Crippen LogP contribution in [0.15, 0.2) is 24.3 Å². The molecular formula is C18H25NO3. The molecule has 2 bridgehead atoms. The molecule has 0 spiro atoms. The van der Waals surface area contributed by atoms with Gasteiger partial charge >= 0.3 is 0 Å². The molecule has 3 unspecified atom stereocenters. The number of benzene rings is 1. The number of hydrogen-bond acceptors (Lipinski definition) is 3. The minimum atomic E-state index is 0.268.